The van der Waals surface area contributed by atoms with Crippen molar-refractivity contribution in [3.05, 3.63) is 213 Å². The fourth-order valence-corrected chi connectivity index (χ4v) is 9.61. The predicted octanol–water partition coefficient (Wildman–Crippen LogP) is 15.2. The number of aliphatic carboxylic acids is 2. The minimum absolute atomic E-state index is 0.0860. The molecular formula is C68H71Cl4N9O17S. The number of methoxy groups -OCH3 is 2. The van der Waals surface area contributed by atoms with Gasteiger partial charge in [-0.05, 0) is 137 Å². The average Bonchev–Trinajstić information content (AvgIpc) is 1.73. The van der Waals surface area contributed by atoms with E-state index < -0.39 is 52.5 Å². The first kappa shape index (κ1) is 79.1. The van der Waals surface area contributed by atoms with Gasteiger partial charge in [-0.2, -0.15) is 18.4 Å². The van der Waals surface area contributed by atoms with Crippen LogP contribution in [0.25, 0.3) is 0 Å². The number of nitrogens with one attached hydrogen (secondary N) is 7. The Balaban J connectivity index is 0.000000230. The molecule has 8 aromatic rings. The number of para-hydroxylation sites is 2. The maximum Gasteiger partial charge on any atom is 0.417 e. The Labute approximate surface area is 591 Å². The van der Waals surface area contributed by atoms with E-state index in [1.165, 1.54) is 56.2 Å². The summed E-state index contributed by atoms with van der Waals surface area (Å²) in [5.74, 6) is -0.962. The van der Waals surface area contributed by atoms with Crippen molar-refractivity contribution < 1.29 is 80.6 Å². The molecule has 99 heavy (non-hydrogen) atoms. The first-order valence-corrected chi connectivity index (χ1v) is 32.7. The van der Waals surface area contributed by atoms with Gasteiger partial charge in [-0.15, -0.1) is 0 Å². The number of urea groups is 2. The van der Waals surface area contributed by atoms with Crippen LogP contribution < -0.4 is 59.7 Å². The SMILES string of the molecule is CCOC(=O)Nc1cccc(OC(=O)Nc2ccccc2)c1.COc1cc(OC)nc(NC(=O)NS(=O)(=O)Nc2ccccc2C(=O)C2CC2)n1.Cc1ccc(NC(=O)NC(C)(C)c2ccccc2)cc1.O=C(O)CCCOc1ccc(Cl)cc1Cl.O=C(O)COc1ccc(Cl)cc1Cl. The van der Waals surface area contributed by atoms with Gasteiger partial charge in [0.25, 0.3) is 0 Å². The molecule has 6 amide bonds. The molecule has 7 aromatic carbocycles. The quantitative estimate of drug-likeness (QED) is 0.0212. The van der Waals surface area contributed by atoms with E-state index in [9.17, 15) is 42.0 Å². The number of anilines is 5. The first-order chi connectivity index (χ1) is 47.1. The van der Waals surface area contributed by atoms with E-state index in [1.54, 1.807) is 90.5 Å². The molecule has 0 aliphatic heterocycles. The number of carbonyl (C=O) groups excluding carboxylic acids is 5. The number of carboxylic acid groups (broad SMARTS) is 2. The normalized spacial score (nSPS) is 11.1. The molecule has 0 radical (unpaired) electrons. The Kier molecular flexibility index (Phi) is 32.1. The number of Topliss-reactive ketones (excluding diaryl/α,β-unsaturated/α-hetero) is 1. The lowest BCUT2D eigenvalue weighted by Crippen LogP contribution is -2.43. The topological polar surface area (TPSA) is 359 Å². The molecular weight excluding hydrogens is 1390 g/mol. The average molecular weight is 1460 g/mol. The number of halogens is 4. The Morgan fingerprint density at radius 2 is 1.15 bits per heavy atom. The van der Waals surface area contributed by atoms with Crippen molar-refractivity contribution in [3.63, 3.8) is 0 Å². The summed E-state index contributed by atoms with van der Waals surface area (Å²) in [4.78, 5) is 87.7. The largest absolute Gasteiger partial charge is 0.492 e. The predicted molar refractivity (Wildman–Crippen MR) is 378 cm³/mol. The van der Waals surface area contributed by atoms with Crippen LogP contribution in [0.15, 0.2) is 176 Å². The van der Waals surface area contributed by atoms with Gasteiger partial charge in [0.2, 0.25) is 17.7 Å². The van der Waals surface area contributed by atoms with Gasteiger partial charge >= 0.3 is 46.4 Å². The van der Waals surface area contributed by atoms with Crippen LogP contribution in [0.4, 0.5) is 47.9 Å². The van der Waals surface area contributed by atoms with Gasteiger partial charge in [0.05, 0.1) is 54.8 Å². The zero-order valence-electron chi connectivity index (χ0n) is 54.1. The van der Waals surface area contributed by atoms with Crippen LogP contribution in [0.2, 0.25) is 20.1 Å². The number of benzene rings is 7. The molecule has 1 heterocycles. The van der Waals surface area contributed by atoms with Crippen LogP contribution in [0.1, 0.15) is 67.9 Å². The summed E-state index contributed by atoms with van der Waals surface area (Å²) in [5, 5.41) is 31.6. The summed E-state index contributed by atoms with van der Waals surface area (Å²) >= 11 is 22.9. The Bertz CT molecular complexity index is 4100. The number of carbonyl (C=O) groups is 7. The highest BCUT2D eigenvalue weighted by molar-refractivity contribution is 7.91. The number of rotatable bonds is 23. The summed E-state index contributed by atoms with van der Waals surface area (Å²) in [5.41, 5.74) is 4.05. The second kappa shape index (κ2) is 40.2. The van der Waals surface area contributed by atoms with Crippen LogP contribution in [0.3, 0.4) is 0 Å². The molecule has 31 heteroatoms. The van der Waals surface area contributed by atoms with Gasteiger partial charge in [-0.3, -0.25) is 30.3 Å². The summed E-state index contributed by atoms with van der Waals surface area (Å²) < 4.78 is 58.6. The number of amides is 6. The van der Waals surface area contributed by atoms with Gasteiger partial charge in [0, 0.05) is 51.1 Å². The minimum atomic E-state index is -4.33. The minimum Gasteiger partial charge on any atom is -0.492 e. The number of ketones is 1. The van der Waals surface area contributed by atoms with E-state index in [0.717, 1.165) is 24.1 Å². The zero-order chi connectivity index (χ0) is 72.5. The number of ether oxygens (including phenoxy) is 6. The monoisotopic (exact) mass is 1460 g/mol. The van der Waals surface area contributed by atoms with Crippen LogP contribution in [0.5, 0.6) is 29.0 Å². The van der Waals surface area contributed by atoms with Crippen molar-refractivity contribution in [1.82, 2.24) is 20.0 Å². The van der Waals surface area contributed by atoms with E-state index in [4.69, 9.17) is 85.0 Å². The van der Waals surface area contributed by atoms with Crippen LogP contribution in [-0.2, 0) is 30.1 Å². The van der Waals surface area contributed by atoms with Crippen LogP contribution >= 0.6 is 46.4 Å². The summed E-state index contributed by atoms with van der Waals surface area (Å²) in [6.45, 7) is 7.89. The van der Waals surface area contributed by atoms with Crippen molar-refractivity contribution in [2.24, 2.45) is 5.92 Å². The number of hydrogen-bond donors (Lipinski definition) is 9. The molecule has 26 nitrogen and oxygen atoms in total. The molecule has 0 saturated heterocycles. The van der Waals surface area contributed by atoms with Gasteiger partial charge in [-0.25, -0.2) is 28.7 Å². The van der Waals surface area contributed by atoms with Crippen molar-refractivity contribution in [2.45, 2.75) is 58.9 Å². The second-order valence-corrected chi connectivity index (χ2v) is 24.1. The Hall–Kier alpha value is -10.6. The number of hydrogen-bond acceptors (Lipinski definition) is 17. The third-order valence-corrected chi connectivity index (χ3v) is 14.7. The second-order valence-electron chi connectivity index (χ2n) is 21.0. The van der Waals surface area contributed by atoms with Crippen molar-refractivity contribution >= 4 is 127 Å². The molecule has 1 aliphatic carbocycles. The van der Waals surface area contributed by atoms with Crippen LogP contribution in [0, 0.1) is 12.8 Å². The summed E-state index contributed by atoms with van der Waals surface area (Å²) in [6, 6.07) is 48.8. The van der Waals surface area contributed by atoms with Crippen molar-refractivity contribution in [3.8, 4) is 29.0 Å². The van der Waals surface area contributed by atoms with Crippen molar-refractivity contribution in [1.29, 1.82) is 0 Å². The maximum absolute atomic E-state index is 12.3. The van der Waals surface area contributed by atoms with Gasteiger partial charge in [0.1, 0.15) is 17.2 Å². The fourth-order valence-electron chi connectivity index (χ4n) is 7.87. The molecule has 1 aromatic heterocycles. The molecule has 1 aliphatic rings. The molecule has 1 fully saturated rings. The van der Waals surface area contributed by atoms with E-state index in [2.05, 4.69) is 41.3 Å². The fraction of sp³-hybridized carbons (Fsp3) is 0.221. The number of aryl methyl sites for hydroxylation is 1. The van der Waals surface area contributed by atoms with E-state index in [1.807, 2.05) is 81.4 Å². The van der Waals surface area contributed by atoms with E-state index >= 15 is 0 Å². The number of aromatic nitrogens is 2. The van der Waals surface area contributed by atoms with Gasteiger partial charge in [0.15, 0.2) is 12.4 Å². The standard InChI is InChI=1S/C17H19N5O6S.C17H20N2O.C16H16N2O4.C10H10Cl2O3.C8H6Cl2O3/c1-27-13-9-14(28-2)19-16(18-13)20-17(24)22-29(25,26)21-12-6-4-3-5-11(12)15(23)10-7-8-10;1-13-9-11-15(12-10-13)18-16(20)19-17(2,3)14-7-5-4-6-8-14;1-2-21-15(19)18-13-9-6-10-14(11-13)22-16(20)17-12-7-4-3-5-8-12;11-7-3-4-9(8(12)6-7)15-5-1-2-10(13)14;9-5-1-2-7(6(10)3-5)13-4-8(11)12/h3-6,9-10,21H,7-8H2,1-2H3,(H2,18,19,20,22,24);4-12H,1-3H3,(H2,18,19,20);3-11H,2H2,1H3,(H,17,20)(H,18,19);3-4,6H,1-2,5H2,(H,13,14);1-3H,4H2,(H,11,12). The van der Waals surface area contributed by atoms with E-state index in [-0.39, 0.29) is 59.7 Å². The zero-order valence-corrected chi connectivity index (χ0v) is 57.9. The Morgan fingerprint density at radius 3 is 1.72 bits per heavy atom. The smallest absolute Gasteiger partial charge is 0.417 e. The third-order valence-electron chi connectivity index (χ3n) is 12.7. The highest BCUT2D eigenvalue weighted by Gasteiger charge is 2.32. The highest BCUT2D eigenvalue weighted by Crippen LogP contribution is 2.35. The van der Waals surface area contributed by atoms with Gasteiger partial charge < -0.3 is 49.3 Å². The lowest BCUT2D eigenvalue weighted by molar-refractivity contribution is -0.139. The summed E-state index contributed by atoms with van der Waals surface area (Å²) in [7, 11) is -1.61. The lowest BCUT2D eigenvalue weighted by Gasteiger charge is -2.27. The van der Waals surface area contributed by atoms with Gasteiger partial charge in [-0.1, -0.05) is 131 Å². The molecule has 9 N–H and O–H groups in total. The van der Waals surface area contributed by atoms with E-state index in [0.29, 0.717) is 61.7 Å². The molecule has 9 rings (SSSR count). The molecule has 0 spiro atoms. The first-order valence-electron chi connectivity index (χ1n) is 29.7. The molecule has 0 bridgehead atoms. The number of carboxylic acids is 2. The lowest BCUT2D eigenvalue weighted by atomic mass is 9.95. The number of nitrogens with zero attached hydrogens (tertiary/aromatic N) is 2. The maximum atomic E-state index is 12.3. The Morgan fingerprint density at radius 1 is 0.596 bits per heavy atom. The van der Waals surface area contributed by atoms with Crippen molar-refractivity contribution in [2.75, 3.05) is 60.0 Å². The van der Waals surface area contributed by atoms with Crippen LogP contribution in [-0.4, -0.2) is 105 Å². The summed E-state index contributed by atoms with van der Waals surface area (Å²) in [6.07, 6.45) is 0.933. The molecule has 0 unspecified atom stereocenters. The third kappa shape index (κ3) is 30.2. The molecule has 524 valence electrons. The molecule has 1 saturated carbocycles. The molecule has 0 atom stereocenters. The highest BCUT2D eigenvalue weighted by atomic mass is 35.5.